The van der Waals surface area contributed by atoms with Gasteiger partial charge in [-0.2, -0.15) is 0 Å². The number of methoxy groups -OCH3 is 1. The van der Waals surface area contributed by atoms with Crippen molar-refractivity contribution in [1.29, 1.82) is 0 Å². The van der Waals surface area contributed by atoms with Crippen molar-refractivity contribution in [3.63, 3.8) is 0 Å². The largest absolute Gasteiger partial charge is 0.497 e. The quantitative estimate of drug-likeness (QED) is 0.251. The maximum Gasteiger partial charge on any atom is 0.256 e. The predicted molar refractivity (Wildman–Crippen MR) is 149 cm³/mol. The van der Waals surface area contributed by atoms with E-state index in [1.165, 1.54) is 0 Å². The minimum Gasteiger partial charge on any atom is -0.497 e. The molecule has 4 aromatic carbocycles. The van der Waals surface area contributed by atoms with Gasteiger partial charge in [-0.25, -0.2) is 4.98 Å². The molecule has 37 heavy (non-hydrogen) atoms. The second kappa shape index (κ2) is 10.3. The van der Waals surface area contributed by atoms with Gasteiger partial charge in [-0.1, -0.05) is 35.4 Å². The smallest absolute Gasteiger partial charge is 0.256 e. The number of carbonyl (C=O) groups is 1. The Hall–Kier alpha value is -4.35. The van der Waals surface area contributed by atoms with Crippen LogP contribution in [0.1, 0.15) is 21.5 Å². The zero-order valence-electron chi connectivity index (χ0n) is 20.7. The Kier molecular flexibility index (Phi) is 6.80. The van der Waals surface area contributed by atoms with Crippen molar-refractivity contribution in [2.24, 2.45) is 0 Å². The van der Waals surface area contributed by atoms with E-state index in [0.29, 0.717) is 33.5 Å². The van der Waals surface area contributed by atoms with E-state index in [2.05, 4.69) is 11.4 Å². The summed E-state index contributed by atoms with van der Waals surface area (Å²) in [5, 5.41) is 4.48. The van der Waals surface area contributed by atoms with E-state index in [0.717, 1.165) is 33.3 Å². The first-order chi connectivity index (χ1) is 17.9. The third kappa shape index (κ3) is 5.42. The lowest BCUT2D eigenvalue weighted by Gasteiger charge is -2.13. The number of hydrogen-bond acceptors (Lipinski definition) is 4. The first-order valence-electron chi connectivity index (χ1n) is 11.8. The van der Waals surface area contributed by atoms with Gasteiger partial charge >= 0.3 is 0 Å². The fraction of sp³-hybridized carbons (Fsp3) is 0.0968. The summed E-state index contributed by atoms with van der Waals surface area (Å²) in [4.78, 5) is 18.4. The van der Waals surface area contributed by atoms with Crippen molar-refractivity contribution < 1.29 is 14.3 Å². The average Bonchev–Trinajstić information content (AvgIpc) is 2.90. The second-order valence-electron chi connectivity index (χ2n) is 8.80. The highest BCUT2D eigenvalue weighted by molar-refractivity contribution is 6.30. The number of halogens is 1. The molecular weight excluding hydrogens is 484 g/mol. The van der Waals surface area contributed by atoms with Crippen molar-refractivity contribution in [3.8, 4) is 28.5 Å². The number of pyridine rings is 1. The highest BCUT2D eigenvalue weighted by atomic mass is 35.5. The molecule has 0 radical (unpaired) electrons. The number of aromatic nitrogens is 1. The Morgan fingerprint density at radius 1 is 0.811 bits per heavy atom. The SMILES string of the molecule is COc1ccc(Oc2ccc(NC(=O)c3cc(-c4ccc(Cl)cc4)nc4c(C)cc(C)cc34)cc2)cc1. The van der Waals surface area contributed by atoms with Crippen molar-refractivity contribution in [3.05, 3.63) is 113 Å². The molecule has 0 unspecified atom stereocenters. The molecule has 5 rings (SSSR count). The van der Waals surface area contributed by atoms with Gasteiger partial charge in [0.05, 0.1) is 23.9 Å². The molecule has 184 valence electrons. The van der Waals surface area contributed by atoms with Crippen LogP contribution in [0.15, 0.2) is 91.0 Å². The topological polar surface area (TPSA) is 60.5 Å². The van der Waals surface area contributed by atoms with E-state index in [4.69, 9.17) is 26.1 Å². The molecule has 0 fully saturated rings. The molecular formula is C31H25ClN2O3. The molecule has 5 aromatic rings. The summed E-state index contributed by atoms with van der Waals surface area (Å²) in [6, 6.07) is 28.0. The predicted octanol–water partition coefficient (Wildman–Crippen LogP) is 8.23. The number of hydrogen-bond donors (Lipinski definition) is 1. The number of nitrogens with one attached hydrogen (secondary N) is 1. The number of ether oxygens (including phenoxy) is 2. The van der Waals surface area contributed by atoms with Crippen LogP contribution in [0.3, 0.4) is 0 Å². The van der Waals surface area contributed by atoms with Crippen LogP contribution in [-0.2, 0) is 0 Å². The van der Waals surface area contributed by atoms with Crippen LogP contribution in [0.2, 0.25) is 5.02 Å². The monoisotopic (exact) mass is 508 g/mol. The molecule has 1 amide bonds. The van der Waals surface area contributed by atoms with Gasteiger partial charge in [-0.15, -0.1) is 0 Å². The first kappa shape index (κ1) is 24.3. The molecule has 0 atom stereocenters. The van der Waals surface area contributed by atoms with E-state index >= 15 is 0 Å². The molecule has 0 spiro atoms. The molecule has 1 heterocycles. The summed E-state index contributed by atoms with van der Waals surface area (Å²) in [5.74, 6) is 1.91. The van der Waals surface area contributed by atoms with Gasteiger partial charge in [0.1, 0.15) is 17.2 Å². The molecule has 6 heteroatoms. The molecule has 1 aromatic heterocycles. The van der Waals surface area contributed by atoms with Gasteiger partial charge in [0.2, 0.25) is 0 Å². The zero-order chi connectivity index (χ0) is 25.9. The van der Waals surface area contributed by atoms with E-state index in [1.807, 2.05) is 98.8 Å². The summed E-state index contributed by atoms with van der Waals surface area (Å²) < 4.78 is 11.1. The molecule has 0 bridgehead atoms. The van der Waals surface area contributed by atoms with Crippen molar-refractivity contribution >= 4 is 34.1 Å². The molecule has 0 aliphatic heterocycles. The molecule has 0 saturated carbocycles. The molecule has 5 nitrogen and oxygen atoms in total. The van der Waals surface area contributed by atoms with Crippen LogP contribution in [0.4, 0.5) is 5.69 Å². The van der Waals surface area contributed by atoms with E-state index in [-0.39, 0.29) is 5.91 Å². The number of rotatable bonds is 6. The van der Waals surface area contributed by atoms with Crippen LogP contribution in [0, 0.1) is 13.8 Å². The fourth-order valence-corrected chi connectivity index (χ4v) is 4.35. The number of nitrogens with zero attached hydrogens (tertiary/aromatic N) is 1. The number of amides is 1. The third-order valence-corrected chi connectivity index (χ3v) is 6.29. The lowest BCUT2D eigenvalue weighted by molar-refractivity contribution is 0.102. The number of fused-ring (bicyclic) bond motifs is 1. The maximum atomic E-state index is 13.5. The van der Waals surface area contributed by atoms with E-state index in [1.54, 1.807) is 7.11 Å². The van der Waals surface area contributed by atoms with Crippen molar-refractivity contribution in [2.45, 2.75) is 13.8 Å². The Morgan fingerprint density at radius 3 is 2.08 bits per heavy atom. The summed E-state index contributed by atoms with van der Waals surface area (Å²) >= 11 is 6.08. The number of carbonyl (C=O) groups excluding carboxylic acids is 1. The summed E-state index contributed by atoms with van der Waals surface area (Å²) in [7, 11) is 1.62. The van der Waals surface area contributed by atoms with Crippen LogP contribution in [0.5, 0.6) is 17.2 Å². The van der Waals surface area contributed by atoms with Crippen LogP contribution in [0.25, 0.3) is 22.2 Å². The van der Waals surface area contributed by atoms with E-state index in [9.17, 15) is 4.79 Å². The maximum absolute atomic E-state index is 13.5. The van der Waals surface area contributed by atoms with Crippen LogP contribution < -0.4 is 14.8 Å². The highest BCUT2D eigenvalue weighted by Crippen LogP contribution is 2.30. The minimum atomic E-state index is -0.212. The molecule has 0 saturated heterocycles. The van der Waals surface area contributed by atoms with Gasteiger partial charge < -0.3 is 14.8 Å². The Morgan fingerprint density at radius 2 is 1.43 bits per heavy atom. The standard InChI is InChI=1S/C31H25ClN2O3/c1-19-16-20(2)30-27(17-19)28(18-29(34-30)21-4-6-22(32)7-5-21)31(35)33-23-8-10-25(11-9-23)37-26-14-12-24(36-3)13-15-26/h4-18H,1-3H3,(H,33,35). The summed E-state index contributed by atoms with van der Waals surface area (Å²) in [6.07, 6.45) is 0. The number of anilines is 1. The van der Waals surface area contributed by atoms with Gasteiger partial charge in [0, 0.05) is 21.7 Å². The van der Waals surface area contributed by atoms with Crippen LogP contribution >= 0.6 is 11.6 Å². The van der Waals surface area contributed by atoms with Crippen molar-refractivity contribution in [2.75, 3.05) is 12.4 Å². The van der Waals surface area contributed by atoms with E-state index < -0.39 is 0 Å². The lowest BCUT2D eigenvalue weighted by Crippen LogP contribution is -2.13. The first-order valence-corrected chi connectivity index (χ1v) is 12.2. The van der Waals surface area contributed by atoms with Gasteiger partial charge in [0.25, 0.3) is 5.91 Å². The Labute approximate surface area is 220 Å². The average molecular weight is 509 g/mol. The normalized spacial score (nSPS) is 10.8. The molecule has 0 aliphatic rings. The second-order valence-corrected chi connectivity index (χ2v) is 9.23. The molecule has 1 N–H and O–H groups in total. The van der Waals surface area contributed by atoms with Gasteiger partial charge in [-0.05, 0) is 92.2 Å². The summed E-state index contributed by atoms with van der Waals surface area (Å²) in [6.45, 7) is 4.03. The minimum absolute atomic E-state index is 0.212. The Balaban J connectivity index is 1.43. The van der Waals surface area contributed by atoms with Gasteiger partial charge in [-0.3, -0.25) is 4.79 Å². The fourth-order valence-electron chi connectivity index (χ4n) is 4.22. The van der Waals surface area contributed by atoms with Gasteiger partial charge in [0.15, 0.2) is 0 Å². The zero-order valence-corrected chi connectivity index (χ0v) is 21.5. The molecule has 0 aliphatic carbocycles. The highest BCUT2D eigenvalue weighted by Gasteiger charge is 2.16. The van der Waals surface area contributed by atoms with Crippen LogP contribution in [-0.4, -0.2) is 18.0 Å². The van der Waals surface area contributed by atoms with Crippen molar-refractivity contribution in [1.82, 2.24) is 4.98 Å². The summed E-state index contributed by atoms with van der Waals surface area (Å²) in [5.41, 5.74) is 5.70. The third-order valence-electron chi connectivity index (χ3n) is 6.04. The lowest BCUT2D eigenvalue weighted by atomic mass is 9.99. The number of benzene rings is 4. The number of aryl methyl sites for hydroxylation is 2. The Bertz CT molecular complexity index is 1580.